The molecule has 1 aliphatic heterocycles. The number of ether oxygens (including phenoxy) is 1. The lowest BCUT2D eigenvalue weighted by atomic mass is 9.80. The SMILES string of the molecule is CCC(CC)(CN1CCC(C(=O)Nc2ccc(Cl)cc2OC(F)F)(n2nccc2C(C)C)CC1)C(=O)O. The second-order valence-electron chi connectivity index (χ2n) is 9.90. The Bertz CT molecular complexity index is 1100. The molecule has 204 valence electrons. The second kappa shape index (κ2) is 11.8. The van der Waals surface area contributed by atoms with Crippen LogP contribution < -0.4 is 10.1 Å². The van der Waals surface area contributed by atoms with Gasteiger partial charge in [0.15, 0.2) is 5.75 Å². The van der Waals surface area contributed by atoms with E-state index in [4.69, 9.17) is 11.6 Å². The Hall–Kier alpha value is -2.72. The minimum Gasteiger partial charge on any atom is -0.481 e. The number of alkyl halides is 2. The van der Waals surface area contributed by atoms with Crippen LogP contribution in [0.4, 0.5) is 14.5 Å². The van der Waals surface area contributed by atoms with Crippen LogP contribution in [0.5, 0.6) is 5.75 Å². The topological polar surface area (TPSA) is 96.7 Å². The molecule has 2 heterocycles. The van der Waals surface area contributed by atoms with Crippen molar-refractivity contribution in [3.05, 3.63) is 41.2 Å². The molecule has 37 heavy (non-hydrogen) atoms. The summed E-state index contributed by atoms with van der Waals surface area (Å²) in [7, 11) is 0. The summed E-state index contributed by atoms with van der Waals surface area (Å²) in [5.41, 5.74) is -1.02. The van der Waals surface area contributed by atoms with Crippen LogP contribution in [0.1, 0.15) is 65.0 Å². The van der Waals surface area contributed by atoms with Gasteiger partial charge in [-0.3, -0.25) is 14.3 Å². The number of hydrogen-bond donors (Lipinski definition) is 2. The number of carboxylic acid groups (broad SMARTS) is 1. The first kappa shape index (κ1) is 28.8. The third kappa shape index (κ3) is 6.06. The van der Waals surface area contributed by atoms with Crippen LogP contribution >= 0.6 is 11.6 Å². The number of anilines is 1. The van der Waals surface area contributed by atoms with Crippen LogP contribution in [0, 0.1) is 5.41 Å². The molecule has 2 aromatic rings. The van der Waals surface area contributed by atoms with Crippen molar-refractivity contribution in [3.8, 4) is 5.75 Å². The molecule has 1 saturated heterocycles. The molecule has 0 radical (unpaired) electrons. The van der Waals surface area contributed by atoms with Gasteiger partial charge in [0.1, 0.15) is 5.54 Å². The van der Waals surface area contributed by atoms with Crippen LogP contribution in [-0.2, 0) is 15.1 Å². The molecule has 2 N–H and O–H groups in total. The fourth-order valence-electron chi connectivity index (χ4n) is 5.03. The largest absolute Gasteiger partial charge is 0.481 e. The van der Waals surface area contributed by atoms with Crippen molar-refractivity contribution in [1.82, 2.24) is 14.7 Å². The van der Waals surface area contributed by atoms with Crippen LogP contribution in [0.2, 0.25) is 5.02 Å². The molecule has 0 spiro atoms. The van der Waals surface area contributed by atoms with Gasteiger partial charge in [0.05, 0.1) is 11.1 Å². The highest BCUT2D eigenvalue weighted by molar-refractivity contribution is 6.30. The molecule has 0 unspecified atom stereocenters. The Morgan fingerprint density at radius 2 is 1.86 bits per heavy atom. The molecule has 0 saturated carbocycles. The predicted octanol–water partition coefficient (Wildman–Crippen LogP) is 5.58. The number of piperidine rings is 1. The van der Waals surface area contributed by atoms with Crippen molar-refractivity contribution in [2.45, 2.75) is 71.4 Å². The van der Waals surface area contributed by atoms with Crippen LogP contribution in [0.25, 0.3) is 0 Å². The summed E-state index contributed by atoms with van der Waals surface area (Å²) in [4.78, 5) is 28.1. The van der Waals surface area contributed by atoms with Gasteiger partial charge in [-0.2, -0.15) is 13.9 Å². The number of amides is 1. The summed E-state index contributed by atoms with van der Waals surface area (Å²) >= 11 is 5.97. The maximum Gasteiger partial charge on any atom is 0.387 e. The Balaban J connectivity index is 1.94. The molecule has 1 fully saturated rings. The lowest BCUT2D eigenvalue weighted by Crippen LogP contribution is -2.56. The summed E-state index contributed by atoms with van der Waals surface area (Å²) in [6.45, 7) is 6.01. The average molecular weight is 541 g/mol. The van der Waals surface area contributed by atoms with Crippen molar-refractivity contribution >= 4 is 29.2 Å². The molecule has 1 amide bonds. The Labute approximate surface area is 220 Å². The normalized spacial score (nSPS) is 16.2. The molecule has 0 bridgehead atoms. The number of carboxylic acids is 1. The van der Waals surface area contributed by atoms with E-state index in [1.165, 1.54) is 18.2 Å². The number of nitrogens with one attached hydrogen (secondary N) is 1. The van der Waals surface area contributed by atoms with Crippen molar-refractivity contribution in [1.29, 1.82) is 0 Å². The van der Waals surface area contributed by atoms with E-state index in [2.05, 4.69) is 20.1 Å². The van der Waals surface area contributed by atoms with Gasteiger partial charge in [-0.25, -0.2) is 0 Å². The number of carbonyl (C=O) groups excluding carboxylic acids is 1. The van der Waals surface area contributed by atoms with Crippen LogP contribution in [0.3, 0.4) is 0 Å². The quantitative estimate of drug-likeness (QED) is 0.386. The molecular weight excluding hydrogens is 506 g/mol. The zero-order chi connectivity index (χ0) is 27.4. The zero-order valence-corrected chi connectivity index (χ0v) is 22.4. The summed E-state index contributed by atoms with van der Waals surface area (Å²) < 4.78 is 32.4. The van der Waals surface area contributed by atoms with E-state index in [0.29, 0.717) is 45.3 Å². The first-order valence-corrected chi connectivity index (χ1v) is 12.9. The maximum absolute atomic E-state index is 13.9. The van der Waals surface area contributed by atoms with Crippen molar-refractivity contribution in [3.63, 3.8) is 0 Å². The Morgan fingerprint density at radius 3 is 2.41 bits per heavy atom. The van der Waals surface area contributed by atoms with E-state index < -0.39 is 29.4 Å². The molecule has 0 aliphatic carbocycles. The summed E-state index contributed by atoms with van der Waals surface area (Å²) in [6.07, 6.45) is 3.38. The summed E-state index contributed by atoms with van der Waals surface area (Å²) in [6, 6.07) is 6.01. The minimum atomic E-state index is -3.09. The highest BCUT2D eigenvalue weighted by Crippen LogP contribution is 2.38. The van der Waals surface area contributed by atoms with E-state index in [0.717, 1.165) is 5.69 Å². The second-order valence-corrected chi connectivity index (χ2v) is 10.3. The third-order valence-electron chi connectivity index (χ3n) is 7.52. The van der Waals surface area contributed by atoms with E-state index in [-0.39, 0.29) is 22.4 Å². The number of hydrogen-bond acceptors (Lipinski definition) is 5. The Kier molecular flexibility index (Phi) is 9.18. The van der Waals surface area contributed by atoms with Crippen molar-refractivity contribution < 1.29 is 28.2 Å². The van der Waals surface area contributed by atoms with Gasteiger partial charge in [0.2, 0.25) is 0 Å². The highest BCUT2D eigenvalue weighted by atomic mass is 35.5. The van der Waals surface area contributed by atoms with Gasteiger partial charge in [-0.05, 0) is 49.8 Å². The lowest BCUT2D eigenvalue weighted by Gasteiger charge is -2.44. The number of halogens is 3. The van der Waals surface area contributed by atoms with Gasteiger partial charge in [0, 0.05) is 42.6 Å². The summed E-state index contributed by atoms with van der Waals surface area (Å²) in [5, 5.41) is 17.4. The van der Waals surface area contributed by atoms with Crippen molar-refractivity contribution in [2.75, 3.05) is 25.0 Å². The standard InChI is InChI=1S/C26H35ClF2N4O4/c1-5-25(6-2,23(35)36)16-32-13-10-26(11-14-32,33-20(17(3)4)9-12-30-33)22(34)31-19-8-7-18(27)15-21(19)37-24(28)29/h7-9,12,15,17,24H,5-6,10-11,13-14,16H2,1-4H3,(H,31,34)(H,35,36). The number of rotatable bonds is 11. The van der Waals surface area contributed by atoms with Crippen molar-refractivity contribution in [2.24, 2.45) is 5.41 Å². The fraction of sp³-hybridized carbons (Fsp3) is 0.577. The van der Waals surface area contributed by atoms with Gasteiger partial charge >= 0.3 is 12.6 Å². The van der Waals surface area contributed by atoms with E-state index >= 15 is 0 Å². The van der Waals surface area contributed by atoms with Gasteiger partial charge in [-0.1, -0.05) is 39.3 Å². The van der Waals surface area contributed by atoms with E-state index in [9.17, 15) is 23.5 Å². The molecule has 1 aromatic carbocycles. The lowest BCUT2D eigenvalue weighted by molar-refractivity contribution is -0.151. The highest BCUT2D eigenvalue weighted by Gasteiger charge is 2.47. The first-order valence-electron chi connectivity index (χ1n) is 12.5. The molecule has 11 heteroatoms. The minimum absolute atomic E-state index is 0.0802. The number of nitrogens with zero attached hydrogens (tertiary/aromatic N) is 3. The molecular formula is C26H35ClF2N4O4. The fourth-order valence-corrected chi connectivity index (χ4v) is 5.19. The van der Waals surface area contributed by atoms with Gasteiger partial charge in [0.25, 0.3) is 5.91 Å². The van der Waals surface area contributed by atoms with E-state index in [1.54, 1.807) is 10.9 Å². The van der Waals surface area contributed by atoms with Gasteiger partial charge in [-0.15, -0.1) is 0 Å². The number of likely N-dealkylation sites (tertiary alicyclic amines) is 1. The van der Waals surface area contributed by atoms with Crippen LogP contribution in [-0.4, -0.2) is 57.9 Å². The molecule has 1 aliphatic rings. The van der Waals surface area contributed by atoms with Crippen LogP contribution in [0.15, 0.2) is 30.5 Å². The molecule has 8 nitrogen and oxygen atoms in total. The Morgan fingerprint density at radius 1 is 1.22 bits per heavy atom. The third-order valence-corrected chi connectivity index (χ3v) is 7.75. The smallest absolute Gasteiger partial charge is 0.387 e. The number of aromatic nitrogens is 2. The first-order chi connectivity index (χ1) is 17.5. The average Bonchev–Trinajstić information content (AvgIpc) is 3.35. The molecule has 0 atom stereocenters. The molecule has 1 aromatic heterocycles. The number of benzene rings is 1. The monoisotopic (exact) mass is 540 g/mol. The summed E-state index contributed by atoms with van der Waals surface area (Å²) in [5.74, 6) is -1.38. The maximum atomic E-state index is 13.9. The number of aliphatic carboxylic acids is 1. The predicted molar refractivity (Wildman–Crippen MR) is 137 cm³/mol. The van der Waals surface area contributed by atoms with E-state index in [1.807, 2.05) is 33.8 Å². The van der Waals surface area contributed by atoms with Gasteiger partial charge < -0.3 is 20.1 Å². The number of carbonyl (C=O) groups is 2. The zero-order valence-electron chi connectivity index (χ0n) is 21.6. The molecule has 3 rings (SSSR count).